The van der Waals surface area contributed by atoms with Gasteiger partial charge in [-0.3, -0.25) is 4.68 Å². The van der Waals surface area contributed by atoms with Gasteiger partial charge in [0.05, 0.1) is 17.3 Å². The minimum absolute atomic E-state index is 0.379. The molecule has 3 N–H and O–H groups in total. The van der Waals surface area contributed by atoms with Crippen molar-refractivity contribution in [3.05, 3.63) is 18.0 Å². The van der Waals surface area contributed by atoms with Crippen molar-refractivity contribution in [2.24, 2.45) is 12.8 Å². The van der Waals surface area contributed by atoms with Gasteiger partial charge in [-0.05, 0) is 38.8 Å². The second-order valence-electron chi connectivity index (χ2n) is 5.95. The van der Waals surface area contributed by atoms with E-state index in [2.05, 4.69) is 17.0 Å². The highest BCUT2D eigenvalue weighted by molar-refractivity contribution is 5.15. The lowest BCUT2D eigenvalue weighted by molar-refractivity contribution is -0.0638. The van der Waals surface area contributed by atoms with E-state index >= 15 is 0 Å². The highest BCUT2D eigenvalue weighted by Gasteiger charge is 2.49. The summed E-state index contributed by atoms with van der Waals surface area (Å²) in [4.78, 5) is 2.40. The summed E-state index contributed by atoms with van der Waals surface area (Å²) in [6, 6.07) is 2.48. The molecule has 0 aliphatic carbocycles. The van der Waals surface area contributed by atoms with E-state index < -0.39 is 5.60 Å². The Morgan fingerprint density at radius 2 is 2.00 bits per heavy atom. The fraction of sp³-hybridized carbons (Fsp3) is 0.769. The number of aryl methyl sites for hydroxylation is 1. The van der Waals surface area contributed by atoms with Crippen molar-refractivity contribution in [1.29, 1.82) is 0 Å². The van der Waals surface area contributed by atoms with Crippen LogP contribution < -0.4 is 5.73 Å². The maximum absolute atomic E-state index is 10.9. The van der Waals surface area contributed by atoms with E-state index in [-0.39, 0.29) is 6.04 Å². The highest BCUT2D eigenvalue weighted by atomic mass is 16.3. The van der Waals surface area contributed by atoms with Crippen LogP contribution in [0.25, 0.3) is 0 Å². The Morgan fingerprint density at radius 1 is 1.39 bits per heavy atom. The van der Waals surface area contributed by atoms with Gasteiger partial charge in [0.15, 0.2) is 0 Å². The molecule has 0 aromatic carbocycles. The zero-order valence-electron chi connectivity index (χ0n) is 11.1. The Bertz CT molecular complexity index is 430. The molecule has 1 aromatic heterocycles. The first-order chi connectivity index (χ1) is 8.49. The van der Waals surface area contributed by atoms with Crippen LogP contribution in [0.5, 0.6) is 0 Å². The molecule has 0 radical (unpaired) electrons. The molecule has 2 bridgehead atoms. The zero-order chi connectivity index (χ0) is 12.9. The molecule has 5 heteroatoms. The minimum atomic E-state index is -0.799. The molecular weight excluding hydrogens is 228 g/mol. The van der Waals surface area contributed by atoms with Crippen molar-refractivity contribution in [2.45, 2.75) is 49.4 Å². The van der Waals surface area contributed by atoms with E-state index in [4.69, 9.17) is 5.73 Å². The minimum Gasteiger partial charge on any atom is -0.388 e. The van der Waals surface area contributed by atoms with E-state index in [1.165, 1.54) is 12.8 Å². The van der Waals surface area contributed by atoms with Crippen LogP contribution >= 0.6 is 0 Å². The molecule has 3 atom stereocenters. The Kier molecular flexibility index (Phi) is 2.73. The van der Waals surface area contributed by atoms with Crippen LogP contribution in [0.4, 0.5) is 0 Å². The van der Waals surface area contributed by atoms with Crippen LogP contribution in [0.2, 0.25) is 0 Å². The molecule has 3 heterocycles. The smallest absolute Gasteiger partial charge is 0.0885 e. The van der Waals surface area contributed by atoms with Gasteiger partial charge in [0.1, 0.15) is 0 Å². The Hall–Kier alpha value is -0.910. The van der Waals surface area contributed by atoms with Crippen molar-refractivity contribution in [3.8, 4) is 0 Å². The van der Waals surface area contributed by atoms with Crippen LogP contribution in [-0.4, -0.2) is 44.5 Å². The molecule has 3 unspecified atom stereocenters. The number of aliphatic hydroxyl groups is 1. The summed E-state index contributed by atoms with van der Waals surface area (Å²) in [5, 5.41) is 15.2. The molecule has 3 rings (SSSR count). The molecular formula is C13H22N4O. The van der Waals surface area contributed by atoms with E-state index in [1.807, 2.05) is 19.3 Å². The van der Waals surface area contributed by atoms with Crippen LogP contribution in [0.3, 0.4) is 0 Å². The second kappa shape index (κ2) is 4.05. The second-order valence-corrected chi connectivity index (χ2v) is 5.95. The number of piperidine rings is 1. The Labute approximate surface area is 108 Å². The SMILES string of the molecule is CN1C2CCC1CC(O)(C(N)c1ccn(C)n1)C2. The normalized spacial score (nSPS) is 38.0. The lowest BCUT2D eigenvalue weighted by Gasteiger charge is -2.44. The molecule has 0 spiro atoms. The third kappa shape index (κ3) is 1.77. The number of nitrogens with two attached hydrogens (primary N) is 1. The summed E-state index contributed by atoms with van der Waals surface area (Å²) < 4.78 is 1.74. The van der Waals surface area contributed by atoms with E-state index in [0.717, 1.165) is 18.5 Å². The first kappa shape index (κ1) is 12.1. The van der Waals surface area contributed by atoms with Gasteiger partial charge in [0.25, 0.3) is 0 Å². The van der Waals surface area contributed by atoms with Crippen molar-refractivity contribution in [2.75, 3.05) is 7.05 Å². The molecule has 18 heavy (non-hydrogen) atoms. The first-order valence-corrected chi connectivity index (χ1v) is 6.69. The van der Waals surface area contributed by atoms with Crippen molar-refractivity contribution in [1.82, 2.24) is 14.7 Å². The molecule has 2 saturated heterocycles. The Balaban J connectivity index is 1.83. The number of nitrogens with zero attached hydrogens (tertiary/aromatic N) is 3. The molecule has 100 valence electrons. The zero-order valence-corrected chi connectivity index (χ0v) is 11.1. The largest absolute Gasteiger partial charge is 0.388 e. The third-order valence-electron chi connectivity index (χ3n) is 4.80. The number of hydrogen-bond acceptors (Lipinski definition) is 4. The summed E-state index contributed by atoms with van der Waals surface area (Å²) in [7, 11) is 4.03. The van der Waals surface area contributed by atoms with Crippen LogP contribution in [0.15, 0.2) is 12.3 Å². The average molecular weight is 250 g/mol. The number of hydrogen-bond donors (Lipinski definition) is 2. The number of fused-ring (bicyclic) bond motifs is 2. The third-order valence-corrected chi connectivity index (χ3v) is 4.80. The summed E-state index contributed by atoms with van der Waals surface area (Å²) in [5.74, 6) is 0. The van der Waals surface area contributed by atoms with Gasteiger partial charge in [0.2, 0.25) is 0 Å². The topological polar surface area (TPSA) is 67.3 Å². The van der Waals surface area contributed by atoms with Gasteiger partial charge in [0, 0.05) is 25.3 Å². The van der Waals surface area contributed by atoms with Crippen LogP contribution in [0.1, 0.15) is 37.4 Å². The van der Waals surface area contributed by atoms with Crippen LogP contribution in [0, 0.1) is 0 Å². The van der Waals surface area contributed by atoms with Gasteiger partial charge in [-0.25, -0.2) is 0 Å². The standard InChI is InChI=1S/C13H22N4O/c1-16-6-5-11(15-16)12(14)13(18)7-9-3-4-10(8-13)17(9)2/h5-6,9-10,12,18H,3-4,7-8,14H2,1-2H3. The van der Waals surface area contributed by atoms with Gasteiger partial charge in [-0.2, -0.15) is 5.10 Å². The van der Waals surface area contributed by atoms with Gasteiger partial charge in [-0.15, -0.1) is 0 Å². The molecule has 0 saturated carbocycles. The monoisotopic (exact) mass is 250 g/mol. The highest BCUT2D eigenvalue weighted by Crippen LogP contribution is 2.44. The predicted octanol–water partition coefficient (Wildman–Crippen LogP) is 0.408. The summed E-state index contributed by atoms with van der Waals surface area (Å²) in [5.41, 5.74) is 6.27. The summed E-state index contributed by atoms with van der Waals surface area (Å²) in [6.07, 6.45) is 5.76. The first-order valence-electron chi connectivity index (χ1n) is 6.69. The van der Waals surface area contributed by atoms with E-state index in [9.17, 15) is 5.11 Å². The maximum Gasteiger partial charge on any atom is 0.0885 e. The lowest BCUT2D eigenvalue weighted by atomic mass is 9.79. The summed E-state index contributed by atoms with van der Waals surface area (Å²) in [6.45, 7) is 0. The molecule has 2 fully saturated rings. The fourth-order valence-corrected chi connectivity index (χ4v) is 3.61. The van der Waals surface area contributed by atoms with Gasteiger partial charge >= 0.3 is 0 Å². The van der Waals surface area contributed by atoms with Crippen LogP contribution in [-0.2, 0) is 7.05 Å². The van der Waals surface area contributed by atoms with E-state index in [0.29, 0.717) is 12.1 Å². The van der Waals surface area contributed by atoms with Crippen molar-refractivity contribution < 1.29 is 5.11 Å². The number of aromatic nitrogens is 2. The van der Waals surface area contributed by atoms with Gasteiger partial charge < -0.3 is 15.7 Å². The lowest BCUT2D eigenvalue weighted by Crippen LogP contribution is -2.54. The average Bonchev–Trinajstić information content (AvgIpc) is 2.82. The molecule has 0 amide bonds. The number of rotatable bonds is 2. The predicted molar refractivity (Wildman–Crippen MR) is 68.9 cm³/mol. The molecule has 1 aromatic rings. The molecule has 2 aliphatic rings. The fourth-order valence-electron chi connectivity index (χ4n) is 3.61. The summed E-state index contributed by atoms with van der Waals surface area (Å²) >= 11 is 0. The van der Waals surface area contributed by atoms with E-state index in [1.54, 1.807) is 4.68 Å². The Morgan fingerprint density at radius 3 is 2.50 bits per heavy atom. The maximum atomic E-state index is 10.9. The molecule has 5 nitrogen and oxygen atoms in total. The molecule has 2 aliphatic heterocycles. The van der Waals surface area contributed by atoms with Gasteiger partial charge in [-0.1, -0.05) is 0 Å². The van der Waals surface area contributed by atoms with Crippen molar-refractivity contribution in [3.63, 3.8) is 0 Å². The quantitative estimate of drug-likeness (QED) is 0.797. The van der Waals surface area contributed by atoms with Crippen molar-refractivity contribution >= 4 is 0 Å².